The zero-order chi connectivity index (χ0) is 15.7. The molecule has 2 heterocycles. The molecule has 0 atom stereocenters. The minimum Gasteiger partial charge on any atom is -0.481 e. The van der Waals surface area contributed by atoms with Crippen LogP contribution in [0.25, 0.3) is 0 Å². The summed E-state index contributed by atoms with van der Waals surface area (Å²) in [6.45, 7) is 5.46. The van der Waals surface area contributed by atoms with Crippen LogP contribution in [0.5, 0.6) is 0 Å². The van der Waals surface area contributed by atoms with E-state index in [1.807, 2.05) is 0 Å². The first-order valence-electron chi connectivity index (χ1n) is 6.95. The molecule has 0 saturated carbocycles. The number of nitrogens with zero attached hydrogens (tertiary/aromatic N) is 3. The molecule has 8 heteroatoms. The van der Waals surface area contributed by atoms with Crippen LogP contribution in [0.1, 0.15) is 33.1 Å². The minimum atomic E-state index is -3.53. The van der Waals surface area contributed by atoms with Gasteiger partial charge in [-0.1, -0.05) is 13.8 Å². The fourth-order valence-corrected chi connectivity index (χ4v) is 3.69. The topological polar surface area (TPSA) is 92.5 Å². The van der Waals surface area contributed by atoms with E-state index in [4.69, 9.17) is 5.11 Å². The number of rotatable bonds is 5. The van der Waals surface area contributed by atoms with Crippen LogP contribution < -0.4 is 0 Å². The average Bonchev–Trinajstić information content (AvgIpc) is 2.85. The van der Waals surface area contributed by atoms with Gasteiger partial charge in [0.15, 0.2) is 0 Å². The lowest BCUT2D eigenvalue weighted by atomic mass is 9.83. The van der Waals surface area contributed by atoms with Crippen molar-refractivity contribution in [3.63, 3.8) is 0 Å². The number of carboxylic acids is 1. The Morgan fingerprint density at radius 1 is 1.38 bits per heavy atom. The quantitative estimate of drug-likeness (QED) is 0.880. The Kier molecular flexibility index (Phi) is 4.38. The van der Waals surface area contributed by atoms with Gasteiger partial charge in [-0.2, -0.15) is 9.40 Å². The summed E-state index contributed by atoms with van der Waals surface area (Å²) in [5.74, 6) is -0.937. The van der Waals surface area contributed by atoms with Crippen molar-refractivity contribution < 1.29 is 18.3 Å². The molecule has 0 spiro atoms. The summed E-state index contributed by atoms with van der Waals surface area (Å²) in [7, 11) is -3.53. The summed E-state index contributed by atoms with van der Waals surface area (Å²) in [5.41, 5.74) is 0.178. The lowest BCUT2D eigenvalue weighted by Crippen LogP contribution is -2.40. The highest BCUT2D eigenvalue weighted by Crippen LogP contribution is 2.32. The van der Waals surface area contributed by atoms with Gasteiger partial charge in [-0.25, -0.2) is 8.42 Å². The van der Waals surface area contributed by atoms with E-state index in [1.165, 1.54) is 21.4 Å². The van der Waals surface area contributed by atoms with Crippen molar-refractivity contribution in [2.75, 3.05) is 13.1 Å². The second-order valence-corrected chi connectivity index (χ2v) is 8.09. The molecule has 1 aromatic heterocycles. The van der Waals surface area contributed by atoms with Crippen molar-refractivity contribution >= 4 is 16.0 Å². The van der Waals surface area contributed by atoms with Crippen LogP contribution in [0.2, 0.25) is 0 Å². The second kappa shape index (κ2) is 5.76. The van der Waals surface area contributed by atoms with Crippen molar-refractivity contribution in [3.05, 3.63) is 12.4 Å². The molecule has 118 valence electrons. The third kappa shape index (κ3) is 3.82. The van der Waals surface area contributed by atoms with E-state index < -0.39 is 16.0 Å². The summed E-state index contributed by atoms with van der Waals surface area (Å²) in [6.07, 6.45) is 4.27. The molecule has 7 nitrogen and oxygen atoms in total. The number of sulfonamides is 1. The molecule has 1 N–H and O–H groups in total. The monoisotopic (exact) mass is 315 g/mol. The van der Waals surface area contributed by atoms with Gasteiger partial charge < -0.3 is 5.11 Å². The van der Waals surface area contributed by atoms with Crippen LogP contribution in [-0.2, 0) is 21.4 Å². The number of carboxylic acid groups (broad SMARTS) is 1. The standard InChI is InChI=1S/C13H21N3O4S/c1-13(2)4-7-16(8-5-13)21(19,20)11-9-14-15(10-11)6-3-12(17)18/h9-10H,3-8H2,1-2H3,(H,17,18). The molecule has 0 amide bonds. The third-order valence-corrected chi connectivity index (χ3v) is 5.73. The normalized spacial score (nSPS) is 19.5. The number of aryl methyl sites for hydroxylation is 1. The summed E-state index contributed by atoms with van der Waals surface area (Å²) in [6, 6.07) is 0. The fraction of sp³-hybridized carbons (Fsp3) is 0.692. The number of hydrogen-bond donors (Lipinski definition) is 1. The largest absolute Gasteiger partial charge is 0.481 e. The number of piperidine rings is 1. The van der Waals surface area contributed by atoms with Crippen molar-refractivity contribution in [2.24, 2.45) is 5.41 Å². The van der Waals surface area contributed by atoms with Gasteiger partial charge in [-0.05, 0) is 18.3 Å². The van der Waals surface area contributed by atoms with Gasteiger partial charge in [0.25, 0.3) is 0 Å². The third-order valence-electron chi connectivity index (χ3n) is 3.88. The molecular formula is C13H21N3O4S. The number of hydrogen-bond acceptors (Lipinski definition) is 4. The van der Waals surface area contributed by atoms with E-state index in [1.54, 1.807) is 0 Å². The van der Waals surface area contributed by atoms with Crippen LogP contribution in [-0.4, -0.2) is 46.7 Å². The molecule has 0 unspecified atom stereocenters. The zero-order valence-electron chi connectivity index (χ0n) is 12.3. The number of aliphatic carboxylic acids is 1. The highest BCUT2D eigenvalue weighted by molar-refractivity contribution is 7.89. The van der Waals surface area contributed by atoms with E-state index in [2.05, 4.69) is 18.9 Å². The maximum atomic E-state index is 12.5. The molecule has 1 aliphatic heterocycles. The maximum absolute atomic E-state index is 12.5. The maximum Gasteiger partial charge on any atom is 0.305 e. The molecule has 1 aliphatic rings. The van der Waals surface area contributed by atoms with E-state index in [-0.39, 0.29) is 23.3 Å². The van der Waals surface area contributed by atoms with Crippen molar-refractivity contribution in [1.29, 1.82) is 0 Å². The summed E-state index contributed by atoms with van der Waals surface area (Å²) in [5, 5.41) is 12.6. The molecule has 0 bridgehead atoms. The van der Waals surface area contributed by atoms with Gasteiger partial charge in [-0.3, -0.25) is 9.48 Å². The van der Waals surface area contributed by atoms with Crippen LogP contribution >= 0.6 is 0 Å². The van der Waals surface area contributed by atoms with Gasteiger partial charge in [0.1, 0.15) is 4.90 Å². The number of carbonyl (C=O) groups is 1. The van der Waals surface area contributed by atoms with Crippen LogP contribution in [0.15, 0.2) is 17.3 Å². The van der Waals surface area contributed by atoms with E-state index >= 15 is 0 Å². The molecule has 1 fully saturated rings. The average molecular weight is 315 g/mol. The fourth-order valence-electron chi connectivity index (χ4n) is 2.29. The van der Waals surface area contributed by atoms with Crippen LogP contribution in [0.3, 0.4) is 0 Å². The summed E-state index contributed by atoms with van der Waals surface area (Å²) in [4.78, 5) is 10.6. The highest BCUT2D eigenvalue weighted by atomic mass is 32.2. The van der Waals surface area contributed by atoms with E-state index in [0.717, 1.165) is 12.8 Å². The second-order valence-electron chi connectivity index (χ2n) is 6.15. The Bertz CT molecular complexity index is 611. The lowest BCUT2D eigenvalue weighted by molar-refractivity contribution is -0.137. The first-order valence-corrected chi connectivity index (χ1v) is 8.39. The predicted molar refractivity (Wildman–Crippen MR) is 76.3 cm³/mol. The molecule has 0 radical (unpaired) electrons. The molecular weight excluding hydrogens is 294 g/mol. The van der Waals surface area contributed by atoms with Crippen molar-refractivity contribution in [3.8, 4) is 0 Å². The predicted octanol–water partition coefficient (Wildman–Crippen LogP) is 1.17. The molecule has 0 aromatic carbocycles. The van der Waals surface area contributed by atoms with Crippen molar-refractivity contribution in [2.45, 2.75) is 44.6 Å². The molecule has 1 saturated heterocycles. The first kappa shape index (κ1) is 16.0. The summed E-state index contributed by atoms with van der Waals surface area (Å²) >= 11 is 0. The van der Waals surface area contributed by atoms with Crippen LogP contribution in [0.4, 0.5) is 0 Å². The lowest BCUT2D eigenvalue weighted by Gasteiger charge is -2.35. The minimum absolute atomic E-state index is 0.0843. The van der Waals surface area contributed by atoms with E-state index in [9.17, 15) is 13.2 Å². The van der Waals surface area contributed by atoms with Gasteiger partial charge in [0, 0.05) is 19.3 Å². The number of aromatic nitrogens is 2. The zero-order valence-corrected chi connectivity index (χ0v) is 13.1. The highest BCUT2D eigenvalue weighted by Gasteiger charge is 2.33. The van der Waals surface area contributed by atoms with Gasteiger partial charge in [0.05, 0.1) is 19.2 Å². The first-order chi connectivity index (χ1) is 9.71. The molecule has 2 rings (SSSR count). The molecule has 1 aromatic rings. The SMILES string of the molecule is CC1(C)CCN(S(=O)(=O)c2cnn(CCC(=O)O)c2)CC1. The molecule has 21 heavy (non-hydrogen) atoms. The van der Waals surface area contributed by atoms with Gasteiger partial charge in [-0.15, -0.1) is 0 Å². The molecule has 0 aliphatic carbocycles. The van der Waals surface area contributed by atoms with Crippen LogP contribution in [0, 0.1) is 5.41 Å². The smallest absolute Gasteiger partial charge is 0.305 e. The Labute approximate surface area is 124 Å². The Morgan fingerprint density at radius 3 is 2.57 bits per heavy atom. The van der Waals surface area contributed by atoms with Gasteiger partial charge in [0.2, 0.25) is 10.0 Å². The summed E-state index contributed by atoms with van der Waals surface area (Å²) < 4.78 is 27.9. The Morgan fingerprint density at radius 2 is 2.00 bits per heavy atom. The van der Waals surface area contributed by atoms with Gasteiger partial charge >= 0.3 is 5.97 Å². The Hall–Kier alpha value is -1.41. The Balaban J connectivity index is 2.08. The van der Waals surface area contributed by atoms with E-state index in [0.29, 0.717) is 13.1 Å². The van der Waals surface area contributed by atoms with Crippen molar-refractivity contribution in [1.82, 2.24) is 14.1 Å².